The van der Waals surface area contributed by atoms with Crippen LogP contribution in [-0.2, 0) is 17.4 Å². The number of pyridine rings is 4. The Balaban J connectivity index is 1.23. The van der Waals surface area contributed by atoms with Gasteiger partial charge in [-0.05, 0) is 146 Å². The number of hydrogen-bond donors (Lipinski definition) is 0. The largest absolute Gasteiger partial charge is 0.485 e. The lowest BCUT2D eigenvalue weighted by atomic mass is 9.90. The van der Waals surface area contributed by atoms with Crippen LogP contribution in [-0.4, -0.2) is 31.1 Å². The van der Waals surface area contributed by atoms with E-state index in [0.717, 1.165) is 49.1 Å². The van der Waals surface area contributed by atoms with Gasteiger partial charge in [0, 0.05) is 68.8 Å². The van der Waals surface area contributed by atoms with Gasteiger partial charge in [0.1, 0.15) is 29.0 Å². The van der Waals surface area contributed by atoms with Gasteiger partial charge in [-0.2, -0.15) is 17.6 Å². The number of unbranched alkanes of at least 4 members (excludes halogenated alkanes) is 2. The Morgan fingerprint density at radius 2 is 1.25 bits per heavy atom. The second-order valence-corrected chi connectivity index (χ2v) is 25.5. The maximum Gasteiger partial charge on any atom is 0.485 e. The van der Waals surface area contributed by atoms with E-state index < -0.39 is 133 Å². The smallest absolute Gasteiger partial charge is 0.479 e. The summed E-state index contributed by atoms with van der Waals surface area (Å²) in [6, 6.07) is 39.6. The van der Waals surface area contributed by atoms with Crippen LogP contribution in [0.15, 0.2) is 247 Å². The normalized spacial score (nSPS) is 14.5. The first-order chi connectivity index (χ1) is 49.1. The van der Waals surface area contributed by atoms with Crippen LogP contribution in [0.1, 0.15) is 93.8 Å². The van der Waals surface area contributed by atoms with Crippen molar-refractivity contribution >= 4 is 35.0 Å². The highest BCUT2D eigenvalue weighted by atomic mass is 35.5. The summed E-state index contributed by atoms with van der Waals surface area (Å²) in [6.45, 7) is 5.02. The molecule has 0 aliphatic carbocycles. The van der Waals surface area contributed by atoms with E-state index in [0.29, 0.717) is 28.9 Å². The molecule has 7 aromatic carbocycles. The number of benzene rings is 7. The molecule has 4 aromatic heterocycles. The van der Waals surface area contributed by atoms with Crippen LogP contribution < -0.4 is 23.7 Å². The molecule has 519 valence electrons. The predicted molar refractivity (Wildman–Crippen MR) is 364 cm³/mol. The van der Waals surface area contributed by atoms with Crippen molar-refractivity contribution < 1.29 is 72.7 Å². The molecule has 11 nitrogen and oxygen atoms in total. The molecule has 102 heavy (non-hydrogen) atoms. The first kappa shape index (κ1) is 71.3. The number of ether oxygens (including phenoxy) is 5. The first-order valence-corrected chi connectivity index (χ1v) is 33.3. The van der Waals surface area contributed by atoms with Gasteiger partial charge in [-0.1, -0.05) is 134 Å². The molecular weight excluding hydrogens is 1400 g/mol. The standard InChI is InChI=1S/C78H56Cl2F10N5O6S/c1-4-5-8-15-46-23-25-50(26-24-46)77(87,101-59-39-45(3)40-93-67(59)71(97-53-20-11-7-12-21-53)60-62(82)64(84)66(86)65(85)63(60)83)61-56(48-18-13-36-91-41-48)43-94-76(98-54-31-27-51(79)28-32-54)72(61)100-74-70(96)69(75(49-19-14-37-92-42-49)102-55-33-29-52(80)30-34-55)95(78(88,89)90)68(47-16-9-6-10-17-47)73(74)99-58-38-44(2)22-35-57(58)81/h6-7,9-14,16-43,68,71,75H,4-5,8,15H2,1-3H3. The third-order valence-corrected chi connectivity index (χ3v) is 18.1. The highest BCUT2D eigenvalue weighted by Crippen LogP contribution is 2.57. The van der Waals surface area contributed by atoms with Crippen molar-refractivity contribution in [2.45, 2.75) is 80.9 Å². The molecule has 1 radical (unpaired) electrons. The number of para-hydroxylation sites is 1. The van der Waals surface area contributed by atoms with Crippen molar-refractivity contribution in [2.24, 2.45) is 0 Å². The van der Waals surface area contributed by atoms with E-state index in [1.165, 1.54) is 183 Å². The second-order valence-electron chi connectivity index (χ2n) is 23.5. The fourth-order valence-corrected chi connectivity index (χ4v) is 12.9. The highest BCUT2D eigenvalue weighted by Gasteiger charge is 2.56. The summed E-state index contributed by atoms with van der Waals surface area (Å²) in [4.78, 5) is 17.9. The molecule has 0 N–H and O–H groups in total. The number of aryl methyl sites for hydroxylation is 3. The fourth-order valence-electron chi connectivity index (χ4n) is 11.5. The molecule has 24 heteroatoms. The lowest BCUT2D eigenvalue weighted by Gasteiger charge is -2.43. The SMILES string of the molecule is CCCCCc1ccc(C(F)(Oc2cc(C)cnc2C(Oc2ccccc2)c2c(F)c(F)c(F)c(F)c2F)c2c(-c3cccnc3)cnc(Oc3ccc(Cl)cc3)c2OC2=C(Oc3cc(C)ccc3F)C(c3ccccc3)N(C(F)(F)F)C(C(Sc3ccc(Cl)cc3)c3cccnc3)=C2[O])cc1. The van der Waals surface area contributed by atoms with E-state index in [1.54, 1.807) is 25.1 Å². The summed E-state index contributed by atoms with van der Waals surface area (Å²) in [5.74, 6) is -24.1. The van der Waals surface area contributed by atoms with E-state index in [1.807, 2.05) is 6.92 Å². The Bertz CT molecular complexity index is 4860. The quantitative estimate of drug-likeness (QED) is 0.0144. The van der Waals surface area contributed by atoms with E-state index in [4.69, 9.17) is 51.9 Å². The van der Waals surface area contributed by atoms with Crippen molar-refractivity contribution in [3.8, 4) is 45.8 Å². The van der Waals surface area contributed by atoms with E-state index in [2.05, 4.69) is 15.0 Å². The molecule has 12 rings (SSSR count). The van der Waals surface area contributed by atoms with Gasteiger partial charge < -0.3 is 23.7 Å². The van der Waals surface area contributed by atoms with E-state index in [9.17, 15) is 0 Å². The zero-order valence-corrected chi connectivity index (χ0v) is 56.3. The number of aromatic nitrogens is 4. The summed E-state index contributed by atoms with van der Waals surface area (Å²) in [7, 11) is 0. The average Bonchev–Trinajstić information content (AvgIpc) is 0.722. The average molecular weight is 1450 g/mol. The van der Waals surface area contributed by atoms with Crippen LogP contribution in [0.4, 0.5) is 43.9 Å². The number of alkyl halides is 4. The topological polar surface area (TPSA) is 121 Å². The monoisotopic (exact) mass is 1450 g/mol. The number of halogens is 12. The lowest BCUT2D eigenvalue weighted by Crippen LogP contribution is -2.46. The van der Waals surface area contributed by atoms with Gasteiger partial charge in [0.05, 0.1) is 22.1 Å². The van der Waals surface area contributed by atoms with Gasteiger partial charge in [0.25, 0.3) is 5.88 Å². The molecule has 0 fully saturated rings. The Labute approximate surface area is 593 Å². The molecular formula is C78H56Cl2F10N5O6S. The maximum atomic E-state index is 21.6. The van der Waals surface area contributed by atoms with Crippen LogP contribution in [0.5, 0.6) is 34.6 Å². The van der Waals surface area contributed by atoms with Crippen LogP contribution in [0, 0.1) is 48.8 Å². The molecule has 5 heterocycles. The molecule has 1 aliphatic heterocycles. The van der Waals surface area contributed by atoms with Gasteiger partial charge in [0.2, 0.25) is 23.1 Å². The summed E-state index contributed by atoms with van der Waals surface area (Å²) in [6.07, 6.45) is 2.31. The van der Waals surface area contributed by atoms with Crippen molar-refractivity contribution in [1.82, 2.24) is 24.8 Å². The van der Waals surface area contributed by atoms with Gasteiger partial charge in [-0.3, -0.25) is 25.0 Å². The molecule has 0 amide bonds. The van der Waals surface area contributed by atoms with Crippen LogP contribution in [0.3, 0.4) is 0 Å². The van der Waals surface area contributed by atoms with Crippen molar-refractivity contribution in [2.75, 3.05) is 0 Å². The first-order valence-electron chi connectivity index (χ1n) is 31.6. The van der Waals surface area contributed by atoms with Crippen molar-refractivity contribution in [3.63, 3.8) is 0 Å². The molecule has 1 aliphatic rings. The number of hydrogen-bond acceptors (Lipinski definition) is 11. The fraction of sp³-hybridized carbons (Fsp3) is 0.154. The Morgan fingerprint density at radius 1 is 0.608 bits per heavy atom. The van der Waals surface area contributed by atoms with Gasteiger partial charge >= 0.3 is 12.2 Å². The summed E-state index contributed by atoms with van der Waals surface area (Å²) in [5.41, 5.74) is -4.04. The molecule has 0 saturated heterocycles. The Morgan fingerprint density at radius 3 is 1.88 bits per heavy atom. The van der Waals surface area contributed by atoms with Gasteiger partial charge in [0.15, 0.2) is 46.7 Å². The van der Waals surface area contributed by atoms with Crippen molar-refractivity contribution in [3.05, 3.63) is 337 Å². The van der Waals surface area contributed by atoms with Gasteiger partial charge in [-0.25, -0.2) is 31.3 Å². The minimum Gasteiger partial charge on any atom is -0.479 e. The van der Waals surface area contributed by atoms with E-state index in [-0.39, 0.29) is 54.3 Å². The van der Waals surface area contributed by atoms with Gasteiger partial charge in [-0.15, -0.1) is 11.8 Å². The molecule has 4 unspecified atom stereocenters. The second kappa shape index (κ2) is 30.7. The molecule has 0 saturated carbocycles. The lowest BCUT2D eigenvalue weighted by molar-refractivity contribution is -0.248. The maximum absolute atomic E-state index is 21.6. The number of rotatable bonds is 24. The third-order valence-electron chi connectivity index (χ3n) is 16.4. The highest BCUT2D eigenvalue weighted by molar-refractivity contribution is 7.99. The van der Waals surface area contributed by atoms with Crippen molar-refractivity contribution in [1.29, 1.82) is 0 Å². The molecule has 0 spiro atoms. The summed E-state index contributed by atoms with van der Waals surface area (Å²) < 4.78 is 203. The molecule has 4 atom stereocenters. The zero-order chi connectivity index (χ0) is 72.0. The minimum atomic E-state index is -5.56. The third kappa shape index (κ3) is 15.2. The number of nitrogens with zero attached hydrogens (tertiary/aromatic N) is 5. The summed E-state index contributed by atoms with van der Waals surface area (Å²) in [5, 5.41) is 15.7. The zero-order valence-electron chi connectivity index (χ0n) is 54.0. The van der Waals surface area contributed by atoms with E-state index >= 15 is 49.0 Å². The Kier molecular flexibility index (Phi) is 21.5. The molecule has 0 bridgehead atoms. The Hall–Kier alpha value is -10.6. The number of thioether (sulfide) groups is 1. The molecule has 11 aromatic rings. The predicted octanol–water partition coefficient (Wildman–Crippen LogP) is 22.1. The summed E-state index contributed by atoms with van der Waals surface area (Å²) >= 11 is 13.6. The van der Waals surface area contributed by atoms with Crippen LogP contribution in [0.25, 0.3) is 11.1 Å². The van der Waals surface area contributed by atoms with Crippen LogP contribution >= 0.6 is 35.0 Å². The van der Waals surface area contributed by atoms with Crippen LogP contribution in [0.2, 0.25) is 10.0 Å². The minimum absolute atomic E-state index is 0.00917.